The van der Waals surface area contributed by atoms with Gasteiger partial charge < -0.3 is 25.8 Å². The van der Waals surface area contributed by atoms with E-state index < -0.39 is 0 Å². The Morgan fingerprint density at radius 1 is 1.05 bits per heavy atom. The summed E-state index contributed by atoms with van der Waals surface area (Å²) in [5.41, 5.74) is 2.07. The monoisotopic (exact) mass is 564 g/mol. The van der Waals surface area contributed by atoms with Crippen molar-refractivity contribution in [1.82, 2.24) is 25.4 Å². The van der Waals surface area contributed by atoms with Crippen LogP contribution in [0.15, 0.2) is 42.6 Å². The number of nitrogens with one attached hydrogen (secondary N) is 3. The Hall–Kier alpha value is -3.12. The van der Waals surface area contributed by atoms with Crippen LogP contribution in [0, 0.1) is 0 Å². The Kier molecular flexibility index (Phi) is 7.48. The third kappa shape index (κ3) is 5.91. The molecule has 0 radical (unpaired) electrons. The van der Waals surface area contributed by atoms with Gasteiger partial charge in [-0.3, -0.25) is 14.4 Å². The number of thiophene rings is 1. The first-order chi connectivity index (χ1) is 18.9. The molecule has 0 aliphatic carbocycles. The van der Waals surface area contributed by atoms with Gasteiger partial charge in [0.1, 0.15) is 0 Å². The van der Waals surface area contributed by atoms with E-state index in [-0.39, 0.29) is 35.7 Å². The Labute approximate surface area is 235 Å². The van der Waals surface area contributed by atoms with E-state index in [1.165, 1.54) is 11.3 Å². The highest BCUT2D eigenvalue weighted by molar-refractivity contribution is 7.18. The smallest absolute Gasteiger partial charge is 0.264 e. The number of hydrogen-bond acceptors (Lipinski definition) is 8. The fourth-order valence-corrected chi connectivity index (χ4v) is 7.13. The second-order valence-electron chi connectivity index (χ2n) is 10.6. The molecule has 3 aromatic rings. The normalized spacial score (nSPS) is 19.9. The SMILES string of the molecule is CN1CC(NC(=O)Cc2ccc(-c3cnc(C4CN(C(=O)c5ccc(NC(=O)[C@@H]6CCCN6)s5)C4)s3)cc2)C1. The highest BCUT2D eigenvalue weighted by atomic mass is 32.1. The van der Waals surface area contributed by atoms with Gasteiger partial charge in [0.05, 0.1) is 38.3 Å². The number of likely N-dealkylation sites (tertiary alicyclic amines) is 2. The molecule has 3 N–H and O–H groups in total. The van der Waals surface area contributed by atoms with Crippen LogP contribution < -0.4 is 16.0 Å². The molecule has 3 saturated heterocycles. The van der Waals surface area contributed by atoms with Gasteiger partial charge in [0.15, 0.2) is 0 Å². The van der Waals surface area contributed by atoms with Crippen molar-refractivity contribution in [1.29, 1.82) is 0 Å². The third-order valence-corrected chi connectivity index (χ3v) is 9.71. The van der Waals surface area contributed by atoms with E-state index in [2.05, 4.69) is 25.8 Å². The summed E-state index contributed by atoms with van der Waals surface area (Å²) in [4.78, 5) is 47.9. The number of amides is 3. The molecule has 3 amide bonds. The maximum absolute atomic E-state index is 13.0. The summed E-state index contributed by atoms with van der Waals surface area (Å²) in [5, 5.41) is 10.9. The van der Waals surface area contributed by atoms with Crippen molar-refractivity contribution in [2.24, 2.45) is 0 Å². The lowest BCUT2D eigenvalue weighted by molar-refractivity contribution is -0.122. The van der Waals surface area contributed by atoms with Crippen molar-refractivity contribution in [3.63, 3.8) is 0 Å². The van der Waals surface area contributed by atoms with Crippen molar-refractivity contribution in [2.75, 3.05) is 45.1 Å². The standard InChI is InChI=1S/C28H32N6O3S2/c1-33-15-20(16-33)31-24(35)11-17-4-6-18(7-5-17)23-12-30-27(39-23)19-13-34(14-19)28(37)22-8-9-25(38-22)32-26(36)21-3-2-10-29-21/h4-9,12,19-21,29H,2-3,10-11,13-16H2,1H3,(H,31,35)(H,32,36)/t21-/m0/s1. The number of carbonyl (C=O) groups excluding carboxylic acids is 3. The topological polar surface area (TPSA) is 107 Å². The van der Waals surface area contributed by atoms with E-state index in [1.54, 1.807) is 23.5 Å². The lowest BCUT2D eigenvalue weighted by atomic mass is 10.0. The van der Waals surface area contributed by atoms with Gasteiger partial charge in [-0.2, -0.15) is 0 Å². The zero-order chi connectivity index (χ0) is 26.9. The molecule has 0 saturated carbocycles. The van der Waals surface area contributed by atoms with Crippen LogP contribution in [-0.4, -0.2) is 84.4 Å². The molecule has 11 heteroatoms. The van der Waals surface area contributed by atoms with Crippen LogP contribution in [0.1, 0.15) is 39.0 Å². The van der Waals surface area contributed by atoms with Gasteiger partial charge >= 0.3 is 0 Å². The molecule has 1 atom stereocenters. The number of nitrogens with zero attached hydrogens (tertiary/aromatic N) is 3. The lowest BCUT2D eigenvalue weighted by Crippen LogP contribution is -2.57. The van der Waals surface area contributed by atoms with E-state index in [9.17, 15) is 14.4 Å². The first-order valence-electron chi connectivity index (χ1n) is 13.4. The molecular weight excluding hydrogens is 532 g/mol. The van der Waals surface area contributed by atoms with Crippen molar-refractivity contribution < 1.29 is 14.4 Å². The number of thiazole rings is 1. The summed E-state index contributed by atoms with van der Waals surface area (Å²) in [7, 11) is 2.05. The minimum Gasteiger partial charge on any atom is -0.351 e. The van der Waals surface area contributed by atoms with Gasteiger partial charge in [-0.1, -0.05) is 24.3 Å². The third-order valence-electron chi connectivity index (χ3n) is 7.51. The second-order valence-corrected chi connectivity index (χ2v) is 12.8. The molecule has 39 heavy (non-hydrogen) atoms. The van der Waals surface area contributed by atoms with Crippen molar-refractivity contribution in [3.8, 4) is 10.4 Å². The quantitative estimate of drug-likeness (QED) is 0.389. The van der Waals surface area contributed by atoms with Crippen molar-refractivity contribution >= 4 is 45.4 Å². The average molecular weight is 565 g/mol. The zero-order valence-corrected chi connectivity index (χ0v) is 23.4. The van der Waals surface area contributed by atoms with Gasteiger partial charge in [-0.15, -0.1) is 22.7 Å². The lowest BCUT2D eigenvalue weighted by Gasteiger charge is -2.37. The Bertz CT molecular complexity index is 1350. The van der Waals surface area contributed by atoms with Crippen molar-refractivity contribution in [3.05, 3.63) is 58.0 Å². The molecule has 2 aromatic heterocycles. The summed E-state index contributed by atoms with van der Waals surface area (Å²) in [6, 6.07) is 11.8. The highest BCUT2D eigenvalue weighted by Gasteiger charge is 2.35. The molecule has 0 spiro atoms. The molecule has 0 bridgehead atoms. The molecule has 3 aliphatic heterocycles. The van der Waals surface area contributed by atoms with Gasteiger partial charge in [0.25, 0.3) is 5.91 Å². The number of benzene rings is 1. The van der Waals surface area contributed by atoms with Crippen LogP contribution in [0.3, 0.4) is 0 Å². The molecule has 6 rings (SSSR count). The maximum Gasteiger partial charge on any atom is 0.264 e. The first kappa shape index (κ1) is 26.1. The summed E-state index contributed by atoms with van der Waals surface area (Å²) >= 11 is 2.98. The number of hydrogen-bond donors (Lipinski definition) is 3. The highest BCUT2D eigenvalue weighted by Crippen LogP contribution is 2.36. The van der Waals surface area contributed by atoms with Crippen LogP contribution >= 0.6 is 22.7 Å². The van der Waals surface area contributed by atoms with E-state index in [0.717, 1.165) is 53.5 Å². The number of anilines is 1. The first-order valence-corrected chi connectivity index (χ1v) is 15.0. The van der Waals surface area contributed by atoms with Gasteiger partial charge in [-0.25, -0.2) is 4.98 Å². The van der Waals surface area contributed by atoms with Gasteiger partial charge in [0.2, 0.25) is 11.8 Å². The fourth-order valence-electron chi connectivity index (χ4n) is 5.24. The molecular formula is C28H32N6O3S2. The number of carbonyl (C=O) groups is 3. The van der Waals surface area contributed by atoms with E-state index in [1.807, 2.05) is 42.4 Å². The van der Waals surface area contributed by atoms with Crippen molar-refractivity contribution in [2.45, 2.75) is 37.3 Å². The molecule has 204 valence electrons. The molecule has 1 aromatic carbocycles. The Balaban J connectivity index is 0.985. The second kappa shape index (κ2) is 11.2. The molecule has 9 nitrogen and oxygen atoms in total. The fraction of sp³-hybridized carbons (Fsp3) is 0.429. The summed E-state index contributed by atoms with van der Waals surface area (Å²) in [6.45, 7) is 3.98. The summed E-state index contributed by atoms with van der Waals surface area (Å²) in [5.74, 6) is 0.259. The zero-order valence-electron chi connectivity index (χ0n) is 21.8. The van der Waals surface area contributed by atoms with Gasteiger partial charge in [0, 0.05) is 38.3 Å². The predicted octanol–water partition coefficient (Wildman–Crippen LogP) is 2.77. The number of rotatable bonds is 8. The maximum atomic E-state index is 13.0. The van der Waals surface area contributed by atoms with Crippen LogP contribution in [-0.2, 0) is 16.0 Å². The van der Waals surface area contributed by atoms with E-state index in [0.29, 0.717) is 29.4 Å². The molecule has 3 aliphatic rings. The summed E-state index contributed by atoms with van der Waals surface area (Å²) < 4.78 is 0. The number of likely N-dealkylation sites (N-methyl/N-ethyl adjacent to an activating group) is 1. The van der Waals surface area contributed by atoms with Gasteiger partial charge in [-0.05, 0) is 49.7 Å². The minimum atomic E-state index is -0.144. The molecule has 3 fully saturated rings. The largest absolute Gasteiger partial charge is 0.351 e. The van der Waals surface area contributed by atoms with Crippen LogP contribution in [0.2, 0.25) is 0 Å². The molecule has 0 unspecified atom stereocenters. The van der Waals surface area contributed by atoms with E-state index in [4.69, 9.17) is 0 Å². The average Bonchev–Trinajstić information content (AvgIpc) is 3.65. The summed E-state index contributed by atoms with van der Waals surface area (Å²) in [6.07, 6.45) is 4.14. The van der Waals surface area contributed by atoms with Crippen LogP contribution in [0.5, 0.6) is 0 Å². The Morgan fingerprint density at radius 3 is 2.56 bits per heavy atom. The Morgan fingerprint density at radius 2 is 1.85 bits per heavy atom. The van der Waals surface area contributed by atoms with Crippen LogP contribution in [0.4, 0.5) is 5.00 Å². The van der Waals surface area contributed by atoms with E-state index >= 15 is 0 Å². The van der Waals surface area contributed by atoms with Crippen LogP contribution in [0.25, 0.3) is 10.4 Å². The number of aromatic nitrogens is 1. The minimum absolute atomic E-state index is 0.00326. The molecule has 5 heterocycles. The predicted molar refractivity (Wildman–Crippen MR) is 153 cm³/mol.